The minimum atomic E-state index is -0.478. The molecule has 3 heterocycles. The summed E-state index contributed by atoms with van der Waals surface area (Å²) in [5.41, 5.74) is 1.95. The van der Waals surface area contributed by atoms with Crippen molar-refractivity contribution in [2.75, 3.05) is 18.6 Å². The van der Waals surface area contributed by atoms with Crippen molar-refractivity contribution < 1.29 is 14.3 Å². The molecule has 30 heavy (non-hydrogen) atoms. The second-order valence-corrected chi connectivity index (χ2v) is 7.76. The van der Waals surface area contributed by atoms with Crippen molar-refractivity contribution in [3.05, 3.63) is 71.5 Å². The fourth-order valence-corrected chi connectivity index (χ4v) is 4.62. The number of fused-ring (bicyclic) bond motifs is 2. The van der Waals surface area contributed by atoms with Gasteiger partial charge in [-0.05, 0) is 42.8 Å². The second kappa shape index (κ2) is 7.18. The van der Waals surface area contributed by atoms with E-state index in [1.54, 1.807) is 58.3 Å². The van der Waals surface area contributed by atoms with Gasteiger partial charge in [-0.25, -0.2) is 4.68 Å². The zero-order valence-electron chi connectivity index (χ0n) is 16.2. The van der Waals surface area contributed by atoms with Crippen LogP contribution in [0.15, 0.2) is 60.9 Å². The van der Waals surface area contributed by atoms with Crippen molar-refractivity contribution in [2.24, 2.45) is 0 Å². The molecule has 3 aromatic rings. The number of hydrogen-bond donors (Lipinski definition) is 0. The van der Waals surface area contributed by atoms with E-state index in [0.717, 1.165) is 5.69 Å². The molecule has 1 aromatic heterocycles. The van der Waals surface area contributed by atoms with Gasteiger partial charge in [-0.3, -0.25) is 9.59 Å². The first-order chi connectivity index (χ1) is 14.6. The van der Waals surface area contributed by atoms with Crippen LogP contribution in [0.3, 0.4) is 0 Å². The average molecular weight is 423 g/mol. The summed E-state index contributed by atoms with van der Waals surface area (Å²) in [6.45, 7) is 0.479. The van der Waals surface area contributed by atoms with Crippen LogP contribution in [-0.4, -0.2) is 52.2 Å². The number of amides is 2. The van der Waals surface area contributed by atoms with Crippen LogP contribution in [0, 0.1) is 0 Å². The van der Waals surface area contributed by atoms with Gasteiger partial charge in [0.1, 0.15) is 11.8 Å². The predicted molar refractivity (Wildman–Crippen MR) is 112 cm³/mol. The van der Waals surface area contributed by atoms with Crippen LogP contribution in [0.1, 0.15) is 16.8 Å². The van der Waals surface area contributed by atoms with E-state index in [1.165, 1.54) is 0 Å². The zero-order chi connectivity index (χ0) is 20.8. The van der Waals surface area contributed by atoms with E-state index in [-0.39, 0.29) is 17.9 Å². The largest absolute Gasteiger partial charge is 0.495 e. The number of para-hydroxylation sites is 1. The molecule has 5 rings (SSSR count). The number of halogens is 1. The number of carbonyl (C=O) groups is 2. The van der Waals surface area contributed by atoms with Gasteiger partial charge in [0.05, 0.1) is 29.4 Å². The molecule has 2 aliphatic heterocycles. The Morgan fingerprint density at radius 2 is 2.03 bits per heavy atom. The Morgan fingerprint density at radius 3 is 2.73 bits per heavy atom. The number of ether oxygens (including phenoxy) is 1. The van der Waals surface area contributed by atoms with E-state index in [9.17, 15) is 9.59 Å². The molecule has 2 fully saturated rings. The third kappa shape index (κ3) is 2.85. The van der Waals surface area contributed by atoms with Gasteiger partial charge in [0.15, 0.2) is 0 Å². The number of benzene rings is 2. The molecule has 2 amide bonds. The summed E-state index contributed by atoms with van der Waals surface area (Å²) in [6, 6.07) is 13.9. The number of aromatic nitrogens is 2. The number of methoxy groups -OCH3 is 1. The summed E-state index contributed by atoms with van der Waals surface area (Å²) in [5, 5.41) is 4.69. The highest BCUT2D eigenvalue weighted by Gasteiger charge is 2.52. The maximum atomic E-state index is 13.4. The molecule has 2 bridgehead atoms. The van der Waals surface area contributed by atoms with Gasteiger partial charge >= 0.3 is 0 Å². The summed E-state index contributed by atoms with van der Waals surface area (Å²) in [4.78, 5) is 29.9. The number of nitrogens with zero attached hydrogens (tertiary/aromatic N) is 4. The van der Waals surface area contributed by atoms with Gasteiger partial charge in [0.25, 0.3) is 5.91 Å². The highest BCUT2D eigenvalue weighted by Crippen LogP contribution is 2.39. The van der Waals surface area contributed by atoms with Gasteiger partial charge in [0.2, 0.25) is 5.91 Å². The fourth-order valence-electron chi connectivity index (χ4n) is 4.36. The smallest absolute Gasteiger partial charge is 0.256 e. The van der Waals surface area contributed by atoms with Crippen LogP contribution in [0.4, 0.5) is 5.69 Å². The van der Waals surface area contributed by atoms with Crippen molar-refractivity contribution in [1.29, 1.82) is 0 Å². The molecule has 2 atom stereocenters. The average Bonchev–Trinajstić information content (AvgIpc) is 3.50. The molecule has 2 saturated heterocycles. The molecule has 7 nitrogen and oxygen atoms in total. The molecule has 152 valence electrons. The highest BCUT2D eigenvalue weighted by molar-refractivity contribution is 6.32. The van der Waals surface area contributed by atoms with E-state index in [2.05, 4.69) is 5.10 Å². The molecule has 0 radical (unpaired) electrons. The van der Waals surface area contributed by atoms with Crippen LogP contribution in [0.25, 0.3) is 5.69 Å². The summed E-state index contributed by atoms with van der Waals surface area (Å²) in [5.74, 6) is 0.316. The normalized spacial score (nSPS) is 20.1. The van der Waals surface area contributed by atoms with Gasteiger partial charge in [-0.2, -0.15) is 5.10 Å². The number of rotatable bonds is 4. The lowest BCUT2D eigenvalue weighted by Gasteiger charge is -2.34. The lowest BCUT2D eigenvalue weighted by molar-refractivity contribution is -0.121. The van der Waals surface area contributed by atoms with Crippen LogP contribution in [0.5, 0.6) is 5.75 Å². The monoisotopic (exact) mass is 422 g/mol. The number of carbonyl (C=O) groups excluding carboxylic acids is 2. The van der Waals surface area contributed by atoms with Gasteiger partial charge < -0.3 is 14.5 Å². The second-order valence-electron chi connectivity index (χ2n) is 7.36. The topological polar surface area (TPSA) is 67.7 Å². The third-order valence-electron chi connectivity index (χ3n) is 5.73. The molecule has 0 aliphatic carbocycles. The molecule has 0 unspecified atom stereocenters. The van der Waals surface area contributed by atoms with Crippen LogP contribution in [0.2, 0.25) is 5.02 Å². The lowest BCUT2D eigenvalue weighted by atomic mass is 10.1. The Bertz CT molecular complexity index is 1130. The Balaban J connectivity index is 1.42. The molecule has 2 aliphatic rings. The van der Waals surface area contributed by atoms with Crippen molar-refractivity contribution in [2.45, 2.75) is 18.5 Å². The van der Waals surface area contributed by atoms with E-state index < -0.39 is 6.04 Å². The lowest BCUT2D eigenvalue weighted by Crippen LogP contribution is -2.52. The van der Waals surface area contributed by atoms with Gasteiger partial charge in [0, 0.05) is 24.6 Å². The number of hydrogen-bond acceptors (Lipinski definition) is 4. The van der Waals surface area contributed by atoms with Gasteiger partial charge in [-0.15, -0.1) is 0 Å². The molecule has 0 spiro atoms. The maximum absolute atomic E-state index is 13.4. The van der Waals surface area contributed by atoms with Crippen molar-refractivity contribution >= 4 is 29.1 Å². The Morgan fingerprint density at radius 1 is 1.20 bits per heavy atom. The maximum Gasteiger partial charge on any atom is 0.256 e. The quantitative estimate of drug-likeness (QED) is 0.647. The molecule has 0 saturated carbocycles. The fraction of sp³-hybridized carbons (Fsp3) is 0.227. The molecular weight excluding hydrogens is 404 g/mol. The third-order valence-corrected chi connectivity index (χ3v) is 6.02. The first-order valence-electron chi connectivity index (χ1n) is 9.65. The number of piperazine rings is 1. The highest BCUT2D eigenvalue weighted by atomic mass is 35.5. The Kier molecular flexibility index (Phi) is 4.47. The first-order valence-corrected chi connectivity index (χ1v) is 10.0. The standard InChI is InChI=1S/C22H19ClN4O3/c1-30-20-8-7-14(11-17(20)23)27-15-12-19(22(27)29)25(13-15)21(28)16-5-2-3-6-18(16)26-10-4-9-24-26/h2-11,15,19H,12-13H2,1H3/t15-,19-/m0/s1. The molecule has 0 N–H and O–H groups in total. The van der Waals surface area contributed by atoms with Crippen molar-refractivity contribution in [3.63, 3.8) is 0 Å². The van der Waals surface area contributed by atoms with Gasteiger partial charge in [-0.1, -0.05) is 23.7 Å². The van der Waals surface area contributed by atoms with E-state index >= 15 is 0 Å². The van der Waals surface area contributed by atoms with E-state index in [4.69, 9.17) is 16.3 Å². The van der Waals surface area contributed by atoms with E-state index in [0.29, 0.717) is 35.0 Å². The first kappa shape index (κ1) is 18.7. The number of likely N-dealkylation sites (tertiary alicyclic amines) is 1. The van der Waals surface area contributed by atoms with Crippen LogP contribution in [-0.2, 0) is 4.79 Å². The SMILES string of the molecule is COc1ccc(N2C(=O)[C@@H]3C[C@H]2CN3C(=O)c2ccccc2-n2cccn2)cc1Cl. The molecular formula is C22H19ClN4O3. The van der Waals surface area contributed by atoms with E-state index in [1.807, 2.05) is 24.3 Å². The molecule has 8 heteroatoms. The minimum Gasteiger partial charge on any atom is -0.495 e. The number of anilines is 1. The van der Waals surface area contributed by atoms with Crippen molar-refractivity contribution in [1.82, 2.24) is 14.7 Å². The minimum absolute atomic E-state index is 0.0761. The Labute approximate surface area is 178 Å². The summed E-state index contributed by atoms with van der Waals surface area (Å²) in [7, 11) is 1.55. The predicted octanol–water partition coefficient (Wildman–Crippen LogP) is 3.16. The summed E-state index contributed by atoms with van der Waals surface area (Å²) >= 11 is 6.25. The van der Waals surface area contributed by atoms with Crippen LogP contribution >= 0.6 is 11.6 Å². The summed E-state index contributed by atoms with van der Waals surface area (Å²) in [6.07, 6.45) is 4.07. The zero-order valence-corrected chi connectivity index (χ0v) is 17.0. The van der Waals surface area contributed by atoms with Crippen LogP contribution < -0.4 is 9.64 Å². The summed E-state index contributed by atoms with van der Waals surface area (Å²) < 4.78 is 6.86. The van der Waals surface area contributed by atoms with Crippen molar-refractivity contribution in [3.8, 4) is 11.4 Å². The Hall–Kier alpha value is -3.32. The molecule has 2 aromatic carbocycles.